The molecule has 4 rings (SSSR count). The van der Waals surface area contributed by atoms with Crippen LogP contribution in [-0.2, 0) is 4.79 Å². The molecular formula is C25H32N8O2. The number of nitrogens with one attached hydrogen (secondary N) is 3. The Morgan fingerprint density at radius 3 is 2.31 bits per heavy atom. The lowest BCUT2D eigenvalue weighted by atomic mass is 10.1. The van der Waals surface area contributed by atoms with Gasteiger partial charge in [-0.1, -0.05) is 0 Å². The predicted octanol–water partition coefficient (Wildman–Crippen LogP) is 3.67. The van der Waals surface area contributed by atoms with Crippen LogP contribution in [0.4, 0.5) is 27.9 Å². The molecule has 10 heteroatoms. The number of benzene rings is 1. The molecule has 3 heterocycles. The van der Waals surface area contributed by atoms with Crippen LogP contribution in [0.2, 0.25) is 0 Å². The highest BCUT2D eigenvalue weighted by atomic mass is 16.2. The van der Waals surface area contributed by atoms with E-state index in [1.165, 1.54) is 0 Å². The number of carbonyl (C=O) groups is 2. The zero-order chi connectivity index (χ0) is 25.2. The maximum Gasteiger partial charge on any atom is 0.320 e. The molecule has 0 bridgehead atoms. The van der Waals surface area contributed by atoms with Crippen molar-refractivity contribution < 1.29 is 9.59 Å². The minimum absolute atomic E-state index is 0.125. The number of hydrogen-bond donors (Lipinski definition) is 3. The van der Waals surface area contributed by atoms with Gasteiger partial charge in [-0.05, 0) is 63.6 Å². The van der Waals surface area contributed by atoms with Crippen molar-refractivity contribution >= 4 is 46.1 Å². The van der Waals surface area contributed by atoms with E-state index in [-0.39, 0.29) is 17.5 Å². The Kier molecular flexibility index (Phi) is 6.72. The van der Waals surface area contributed by atoms with E-state index in [1.54, 1.807) is 19.2 Å². The highest BCUT2D eigenvalue weighted by Gasteiger charge is 2.19. The molecule has 2 aromatic heterocycles. The zero-order valence-corrected chi connectivity index (χ0v) is 20.8. The van der Waals surface area contributed by atoms with Crippen LogP contribution >= 0.6 is 0 Å². The highest BCUT2D eigenvalue weighted by Crippen LogP contribution is 2.23. The average Bonchev–Trinajstić information content (AvgIpc) is 2.78. The summed E-state index contributed by atoms with van der Waals surface area (Å²) in [4.78, 5) is 41.4. The third-order valence-corrected chi connectivity index (χ3v) is 5.72. The van der Waals surface area contributed by atoms with Crippen LogP contribution in [-0.4, -0.2) is 63.5 Å². The van der Waals surface area contributed by atoms with E-state index in [0.717, 1.165) is 48.5 Å². The summed E-state index contributed by atoms with van der Waals surface area (Å²) in [6.45, 7) is 12.4. The number of amides is 3. The van der Waals surface area contributed by atoms with E-state index in [0.29, 0.717) is 17.4 Å². The molecule has 3 amide bonds. The number of aromatic nitrogens is 3. The Morgan fingerprint density at radius 2 is 1.69 bits per heavy atom. The Hall–Kier alpha value is -3.95. The minimum Gasteiger partial charge on any atom is -0.368 e. The molecule has 1 saturated heterocycles. The molecule has 10 nitrogen and oxygen atoms in total. The van der Waals surface area contributed by atoms with Crippen LogP contribution in [0, 0.1) is 6.92 Å². The Balaban J connectivity index is 1.45. The van der Waals surface area contributed by atoms with Gasteiger partial charge in [0.05, 0.1) is 0 Å². The van der Waals surface area contributed by atoms with Gasteiger partial charge in [-0.15, -0.1) is 0 Å². The first-order chi connectivity index (χ1) is 16.6. The fourth-order valence-electron chi connectivity index (χ4n) is 3.94. The van der Waals surface area contributed by atoms with Crippen LogP contribution in [0.25, 0.3) is 11.0 Å². The molecule has 0 atom stereocenters. The standard InChI is InChI=1S/C25H32N8O2/c1-16-14-21(29-24(35)31-25(3,4)5)28-22-20(16)15-26-23(30-22)27-18-6-8-19(9-7-18)33-12-10-32(11-13-33)17(2)34/h6-9,14-15H,10-13H2,1-5H3,(H3,26,27,28,29,30,31,35). The van der Waals surface area contributed by atoms with Gasteiger partial charge in [0, 0.05) is 61.6 Å². The van der Waals surface area contributed by atoms with Crippen molar-refractivity contribution in [2.75, 3.05) is 41.7 Å². The molecule has 1 fully saturated rings. The van der Waals surface area contributed by atoms with Crippen molar-refractivity contribution in [3.63, 3.8) is 0 Å². The lowest BCUT2D eigenvalue weighted by molar-refractivity contribution is -0.129. The maximum atomic E-state index is 12.2. The molecule has 0 aliphatic carbocycles. The number of rotatable bonds is 4. The first-order valence-corrected chi connectivity index (χ1v) is 11.7. The molecule has 35 heavy (non-hydrogen) atoms. The van der Waals surface area contributed by atoms with E-state index in [1.807, 2.05) is 56.9 Å². The second kappa shape index (κ2) is 9.73. The Morgan fingerprint density at radius 1 is 1.00 bits per heavy atom. The average molecular weight is 477 g/mol. The van der Waals surface area contributed by atoms with Gasteiger partial charge in [0.15, 0.2) is 5.65 Å². The monoisotopic (exact) mass is 476 g/mol. The zero-order valence-electron chi connectivity index (χ0n) is 20.8. The molecule has 3 N–H and O–H groups in total. The van der Waals surface area contributed by atoms with E-state index in [9.17, 15) is 9.59 Å². The summed E-state index contributed by atoms with van der Waals surface area (Å²) in [6, 6.07) is 9.53. The van der Waals surface area contributed by atoms with Crippen molar-refractivity contribution in [2.45, 2.75) is 40.2 Å². The molecule has 1 aliphatic heterocycles. The van der Waals surface area contributed by atoms with Crippen molar-refractivity contribution in [2.24, 2.45) is 0 Å². The second-order valence-electron chi connectivity index (χ2n) is 9.75. The summed E-state index contributed by atoms with van der Waals surface area (Å²) < 4.78 is 0. The highest BCUT2D eigenvalue weighted by molar-refractivity contribution is 5.91. The number of piperazine rings is 1. The van der Waals surface area contributed by atoms with E-state index >= 15 is 0 Å². The third kappa shape index (κ3) is 6.14. The minimum atomic E-state index is -0.353. The first-order valence-electron chi connectivity index (χ1n) is 11.7. The summed E-state index contributed by atoms with van der Waals surface area (Å²) in [5, 5.41) is 9.68. The molecule has 1 aliphatic rings. The molecule has 0 spiro atoms. The Bertz CT molecular complexity index is 1230. The molecule has 3 aromatic rings. The van der Waals surface area contributed by atoms with Gasteiger partial charge in [0.2, 0.25) is 11.9 Å². The molecule has 1 aromatic carbocycles. The van der Waals surface area contributed by atoms with Crippen LogP contribution in [0.5, 0.6) is 0 Å². The largest absolute Gasteiger partial charge is 0.368 e. The SMILES string of the molecule is CC(=O)N1CCN(c2ccc(Nc3ncc4c(C)cc(NC(=O)NC(C)(C)C)nc4n3)cc2)CC1. The van der Waals surface area contributed by atoms with Gasteiger partial charge in [0.25, 0.3) is 0 Å². The molecule has 184 valence electrons. The van der Waals surface area contributed by atoms with E-state index < -0.39 is 0 Å². The topological polar surface area (TPSA) is 115 Å². The molecule has 0 radical (unpaired) electrons. The number of pyridine rings is 1. The number of carbonyl (C=O) groups excluding carboxylic acids is 2. The molecule has 0 unspecified atom stereocenters. The predicted molar refractivity (Wildman–Crippen MR) is 138 cm³/mol. The van der Waals surface area contributed by atoms with E-state index in [4.69, 9.17) is 0 Å². The lowest BCUT2D eigenvalue weighted by Crippen LogP contribution is -2.48. The number of anilines is 4. The summed E-state index contributed by atoms with van der Waals surface area (Å²) in [5.41, 5.74) is 3.02. The second-order valence-corrected chi connectivity index (χ2v) is 9.75. The lowest BCUT2D eigenvalue weighted by Gasteiger charge is -2.35. The van der Waals surface area contributed by atoms with Gasteiger partial charge >= 0.3 is 6.03 Å². The third-order valence-electron chi connectivity index (χ3n) is 5.72. The maximum absolute atomic E-state index is 12.2. The Labute approximate surface area is 205 Å². The van der Waals surface area contributed by atoms with Crippen molar-refractivity contribution in [3.05, 3.63) is 42.1 Å². The number of hydrogen-bond acceptors (Lipinski definition) is 7. The fourth-order valence-corrected chi connectivity index (χ4v) is 3.94. The summed E-state index contributed by atoms with van der Waals surface area (Å²) in [5.74, 6) is 0.972. The van der Waals surface area contributed by atoms with Gasteiger partial charge in [-0.25, -0.2) is 14.8 Å². The molecule has 0 saturated carbocycles. The summed E-state index contributed by atoms with van der Waals surface area (Å²) in [7, 11) is 0. The normalized spacial score (nSPS) is 14.1. The van der Waals surface area contributed by atoms with Crippen LogP contribution < -0.4 is 20.9 Å². The van der Waals surface area contributed by atoms with Crippen LogP contribution in [0.1, 0.15) is 33.3 Å². The summed E-state index contributed by atoms with van der Waals surface area (Å²) in [6.07, 6.45) is 1.73. The van der Waals surface area contributed by atoms with E-state index in [2.05, 4.69) is 35.8 Å². The van der Waals surface area contributed by atoms with Crippen molar-refractivity contribution in [3.8, 4) is 0 Å². The summed E-state index contributed by atoms with van der Waals surface area (Å²) >= 11 is 0. The smallest absolute Gasteiger partial charge is 0.320 e. The number of nitrogens with zero attached hydrogens (tertiary/aromatic N) is 5. The van der Waals surface area contributed by atoms with Gasteiger partial charge in [-0.3, -0.25) is 10.1 Å². The number of aryl methyl sites for hydroxylation is 1. The van der Waals surface area contributed by atoms with Gasteiger partial charge in [-0.2, -0.15) is 4.98 Å². The van der Waals surface area contributed by atoms with Gasteiger partial charge < -0.3 is 20.4 Å². The number of fused-ring (bicyclic) bond motifs is 1. The van der Waals surface area contributed by atoms with Crippen LogP contribution in [0.15, 0.2) is 36.5 Å². The van der Waals surface area contributed by atoms with Crippen molar-refractivity contribution in [1.29, 1.82) is 0 Å². The number of urea groups is 1. The first kappa shape index (κ1) is 24.2. The van der Waals surface area contributed by atoms with Crippen LogP contribution in [0.3, 0.4) is 0 Å². The van der Waals surface area contributed by atoms with Crippen molar-refractivity contribution in [1.82, 2.24) is 25.2 Å². The van der Waals surface area contributed by atoms with Gasteiger partial charge in [0.1, 0.15) is 5.82 Å². The fraction of sp³-hybridized carbons (Fsp3) is 0.400. The quantitative estimate of drug-likeness (QED) is 0.526. The molecular weight excluding hydrogens is 444 g/mol.